The number of hydrogen-bond acceptors (Lipinski definition) is 4. The summed E-state index contributed by atoms with van der Waals surface area (Å²) in [6.45, 7) is 3.08. The average Bonchev–Trinajstić information content (AvgIpc) is 3.01. The van der Waals surface area contributed by atoms with E-state index in [-0.39, 0.29) is 0 Å². The second kappa shape index (κ2) is 5.63. The Morgan fingerprint density at radius 2 is 2.11 bits per heavy atom. The molecule has 3 rings (SSSR count). The summed E-state index contributed by atoms with van der Waals surface area (Å²) in [7, 11) is 1.70. The minimum Gasteiger partial charge on any atom is -0.497 e. The molecule has 1 saturated heterocycles. The van der Waals surface area contributed by atoms with Gasteiger partial charge in [-0.2, -0.15) is 0 Å². The molecule has 2 heterocycles. The lowest BCUT2D eigenvalue weighted by Gasteiger charge is -2.37. The fourth-order valence-electron chi connectivity index (χ4n) is 2.52. The molecule has 100 valence electrons. The number of methoxy groups -OCH3 is 1. The highest BCUT2D eigenvalue weighted by molar-refractivity contribution is 7.10. The minimum atomic E-state index is 0.433. The van der Waals surface area contributed by atoms with E-state index in [0.29, 0.717) is 6.04 Å². The Bertz CT molecular complexity index is 509. The summed E-state index contributed by atoms with van der Waals surface area (Å²) in [5.74, 6) is 0.909. The van der Waals surface area contributed by atoms with Gasteiger partial charge in [-0.15, -0.1) is 11.3 Å². The molecule has 0 aliphatic carbocycles. The van der Waals surface area contributed by atoms with Crippen molar-refractivity contribution >= 4 is 17.0 Å². The second-order valence-corrected chi connectivity index (χ2v) is 5.61. The first-order valence-electron chi connectivity index (χ1n) is 6.53. The van der Waals surface area contributed by atoms with E-state index < -0.39 is 0 Å². The van der Waals surface area contributed by atoms with Crippen molar-refractivity contribution in [3.63, 3.8) is 0 Å². The van der Waals surface area contributed by atoms with Gasteiger partial charge in [0.1, 0.15) is 5.75 Å². The summed E-state index contributed by atoms with van der Waals surface area (Å²) in [6.07, 6.45) is 0. The molecule has 4 heteroatoms. The van der Waals surface area contributed by atoms with Crippen LogP contribution in [0.1, 0.15) is 10.9 Å². The van der Waals surface area contributed by atoms with Gasteiger partial charge in [0.15, 0.2) is 0 Å². The maximum atomic E-state index is 5.23. The smallest absolute Gasteiger partial charge is 0.119 e. The minimum absolute atomic E-state index is 0.433. The van der Waals surface area contributed by atoms with Gasteiger partial charge in [-0.05, 0) is 35.7 Å². The van der Waals surface area contributed by atoms with Crippen LogP contribution in [0, 0.1) is 0 Å². The predicted octanol–water partition coefficient (Wildman–Crippen LogP) is 2.91. The molecule has 1 aromatic carbocycles. The van der Waals surface area contributed by atoms with Gasteiger partial charge in [0.25, 0.3) is 0 Å². The lowest BCUT2D eigenvalue weighted by atomic mass is 10.1. The molecule has 1 atom stereocenters. The van der Waals surface area contributed by atoms with Crippen LogP contribution in [0.4, 0.5) is 5.69 Å². The van der Waals surface area contributed by atoms with E-state index in [0.717, 1.165) is 25.4 Å². The Balaban J connectivity index is 1.87. The molecule has 1 aliphatic rings. The topological polar surface area (TPSA) is 24.5 Å². The van der Waals surface area contributed by atoms with Crippen molar-refractivity contribution in [1.82, 2.24) is 5.32 Å². The van der Waals surface area contributed by atoms with Crippen LogP contribution in [0.2, 0.25) is 0 Å². The van der Waals surface area contributed by atoms with Crippen LogP contribution in [-0.4, -0.2) is 26.7 Å². The van der Waals surface area contributed by atoms with Crippen molar-refractivity contribution in [2.75, 3.05) is 31.6 Å². The molecule has 0 bridgehead atoms. The van der Waals surface area contributed by atoms with Gasteiger partial charge in [-0.3, -0.25) is 0 Å². The number of piperazine rings is 1. The standard InChI is InChI=1S/C15H18N2OS/c1-18-13-6-4-12(5-7-13)17-9-8-16-11-14(17)15-3-2-10-19-15/h2-7,10,14,16H,8-9,11H2,1H3. The van der Waals surface area contributed by atoms with Crippen molar-refractivity contribution in [3.05, 3.63) is 46.7 Å². The molecule has 2 aromatic rings. The fourth-order valence-corrected chi connectivity index (χ4v) is 3.36. The van der Waals surface area contributed by atoms with Crippen LogP contribution < -0.4 is 15.0 Å². The van der Waals surface area contributed by atoms with E-state index in [2.05, 4.69) is 39.9 Å². The van der Waals surface area contributed by atoms with Crippen LogP contribution in [0.5, 0.6) is 5.75 Å². The monoisotopic (exact) mass is 274 g/mol. The second-order valence-electron chi connectivity index (χ2n) is 4.63. The van der Waals surface area contributed by atoms with Gasteiger partial charge in [0.05, 0.1) is 13.2 Å². The number of anilines is 1. The van der Waals surface area contributed by atoms with Crippen LogP contribution in [0.15, 0.2) is 41.8 Å². The number of thiophene rings is 1. The number of nitrogens with one attached hydrogen (secondary N) is 1. The van der Waals surface area contributed by atoms with Crippen molar-refractivity contribution in [3.8, 4) is 5.75 Å². The Morgan fingerprint density at radius 1 is 1.26 bits per heavy atom. The Morgan fingerprint density at radius 3 is 2.79 bits per heavy atom. The molecule has 1 unspecified atom stereocenters. The molecular weight excluding hydrogens is 256 g/mol. The lowest BCUT2D eigenvalue weighted by molar-refractivity contribution is 0.414. The van der Waals surface area contributed by atoms with Gasteiger partial charge in [0.2, 0.25) is 0 Å². The quantitative estimate of drug-likeness (QED) is 0.931. The molecule has 1 aromatic heterocycles. The Labute approximate surface area is 117 Å². The van der Waals surface area contributed by atoms with Gasteiger partial charge in [-0.1, -0.05) is 6.07 Å². The Kier molecular flexibility index (Phi) is 3.71. The van der Waals surface area contributed by atoms with Gasteiger partial charge < -0.3 is 15.0 Å². The van der Waals surface area contributed by atoms with E-state index in [1.54, 1.807) is 7.11 Å². The first kappa shape index (κ1) is 12.5. The normalized spacial score (nSPS) is 19.4. The largest absolute Gasteiger partial charge is 0.497 e. The molecule has 0 spiro atoms. The van der Waals surface area contributed by atoms with Crippen molar-refractivity contribution in [2.24, 2.45) is 0 Å². The van der Waals surface area contributed by atoms with E-state index in [9.17, 15) is 0 Å². The van der Waals surface area contributed by atoms with E-state index in [1.165, 1.54) is 10.6 Å². The summed E-state index contributed by atoms with van der Waals surface area (Å²) in [4.78, 5) is 3.89. The molecule has 0 saturated carbocycles. The zero-order valence-electron chi connectivity index (χ0n) is 11.0. The van der Waals surface area contributed by atoms with Crippen molar-refractivity contribution < 1.29 is 4.74 Å². The van der Waals surface area contributed by atoms with Crippen molar-refractivity contribution in [2.45, 2.75) is 6.04 Å². The maximum Gasteiger partial charge on any atom is 0.119 e. The van der Waals surface area contributed by atoms with Crippen LogP contribution in [0.25, 0.3) is 0 Å². The highest BCUT2D eigenvalue weighted by atomic mass is 32.1. The third kappa shape index (κ3) is 2.60. The number of ether oxygens (including phenoxy) is 1. The fraction of sp³-hybridized carbons (Fsp3) is 0.333. The van der Waals surface area contributed by atoms with Gasteiger partial charge in [-0.25, -0.2) is 0 Å². The van der Waals surface area contributed by atoms with E-state index in [1.807, 2.05) is 23.5 Å². The summed E-state index contributed by atoms with van der Waals surface area (Å²) in [5.41, 5.74) is 1.26. The number of nitrogens with zero attached hydrogens (tertiary/aromatic N) is 1. The van der Waals surface area contributed by atoms with Crippen LogP contribution in [-0.2, 0) is 0 Å². The predicted molar refractivity (Wildman–Crippen MR) is 80.3 cm³/mol. The number of rotatable bonds is 3. The van der Waals surface area contributed by atoms with E-state index in [4.69, 9.17) is 4.74 Å². The molecule has 1 N–H and O–H groups in total. The molecular formula is C15H18N2OS. The SMILES string of the molecule is COc1ccc(N2CCNCC2c2cccs2)cc1. The summed E-state index contributed by atoms with van der Waals surface area (Å²) >= 11 is 1.83. The average molecular weight is 274 g/mol. The summed E-state index contributed by atoms with van der Waals surface area (Å²) in [6, 6.07) is 13.1. The van der Waals surface area contributed by atoms with Gasteiger partial charge >= 0.3 is 0 Å². The van der Waals surface area contributed by atoms with Crippen molar-refractivity contribution in [1.29, 1.82) is 0 Å². The molecule has 19 heavy (non-hydrogen) atoms. The lowest BCUT2D eigenvalue weighted by Crippen LogP contribution is -2.45. The molecule has 0 amide bonds. The third-order valence-corrected chi connectivity index (χ3v) is 4.49. The number of benzene rings is 1. The highest BCUT2D eigenvalue weighted by Crippen LogP contribution is 2.31. The summed E-state index contributed by atoms with van der Waals surface area (Å²) < 4.78 is 5.23. The highest BCUT2D eigenvalue weighted by Gasteiger charge is 2.24. The zero-order chi connectivity index (χ0) is 13.1. The van der Waals surface area contributed by atoms with Gasteiger partial charge in [0, 0.05) is 30.2 Å². The first-order chi connectivity index (χ1) is 9.38. The van der Waals surface area contributed by atoms with E-state index >= 15 is 0 Å². The Hall–Kier alpha value is -1.52. The maximum absolute atomic E-state index is 5.23. The molecule has 1 fully saturated rings. The van der Waals surface area contributed by atoms with Crippen LogP contribution >= 0.6 is 11.3 Å². The number of hydrogen-bond donors (Lipinski definition) is 1. The molecule has 3 nitrogen and oxygen atoms in total. The van der Waals surface area contributed by atoms with Crippen LogP contribution in [0.3, 0.4) is 0 Å². The summed E-state index contributed by atoms with van der Waals surface area (Å²) in [5, 5.41) is 5.63. The molecule has 1 aliphatic heterocycles. The third-order valence-electron chi connectivity index (χ3n) is 3.52. The zero-order valence-corrected chi connectivity index (χ0v) is 11.8. The molecule has 0 radical (unpaired) electrons. The first-order valence-corrected chi connectivity index (χ1v) is 7.41.